The van der Waals surface area contributed by atoms with Crippen LogP contribution >= 0.6 is 23.7 Å². The van der Waals surface area contributed by atoms with Crippen LogP contribution in [0.2, 0.25) is 0 Å². The Bertz CT molecular complexity index is 637. The summed E-state index contributed by atoms with van der Waals surface area (Å²) < 4.78 is 1.70. The summed E-state index contributed by atoms with van der Waals surface area (Å²) >= 11 is 1.76. The Morgan fingerprint density at radius 2 is 2.09 bits per heavy atom. The van der Waals surface area contributed by atoms with Gasteiger partial charge in [0.05, 0.1) is 12.2 Å². The van der Waals surface area contributed by atoms with Crippen LogP contribution in [-0.4, -0.2) is 22.7 Å². The fourth-order valence-corrected chi connectivity index (χ4v) is 3.52. The highest BCUT2D eigenvalue weighted by Gasteiger charge is 2.22. The Balaban J connectivity index is 0.00000242. The minimum Gasteiger partial charge on any atom is -0.348 e. The van der Waals surface area contributed by atoms with Crippen LogP contribution in [0, 0.1) is 13.8 Å². The van der Waals surface area contributed by atoms with E-state index in [0.717, 1.165) is 5.56 Å². The third-order valence-electron chi connectivity index (χ3n) is 3.51. The maximum atomic E-state index is 12.5. The first kappa shape index (κ1) is 18.7. The molecular formula is C15H23ClN4OS. The van der Waals surface area contributed by atoms with E-state index in [1.807, 2.05) is 20.2 Å². The van der Waals surface area contributed by atoms with Crippen molar-refractivity contribution in [3.63, 3.8) is 0 Å². The number of nitrogens with zero attached hydrogens (tertiary/aromatic N) is 2. The molecule has 122 valence electrons. The van der Waals surface area contributed by atoms with Gasteiger partial charge < -0.3 is 10.6 Å². The van der Waals surface area contributed by atoms with E-state index in [2.05, 4.69) is 35.6 Å². The van der Waals surface area contributed by atoms with E-state index in [-0.39, 0.29) is 30.4 Å². The zero-order valence-corrected chi connectivity index (χ0v) is 15.1. The molecule has 0 aliphatic heterocycles. The molecule has 0 fully saturated rings. The summed E-state index contributed by atoms with van der Waals surface area (Å²) in [5, 5.41) is 10.2. The lowest BCUT2D eigenvalue weighted by atomic mass is 10.1. The van der Waals surface area contributed by atoms with E-state index in [1.165, 1.54) is 15.3 Å². The minimum absolute atomic E-state index is 0. The summed E-state index contributed by atoms with van der Waals surface area (Å²) in [6.07, 6.45) is 3.57. The third kappa shape index (κ3) is 4.09. The smallest absolute Gasteiger partial charge is 0.242 e. The van der Waals surface area contributed by atoms with E-state index in [9.17, 15) is 4.79 Å². The quantitative estimate of drug-likeness (QED) is 0.878. The highest BCUT2D eigenvalue weighted by atomic mass is 35.5. The Labute approximate surface area is 141 Å². The molecule has 2 unspecified atom stereocenters. The maximum absolute atomic E-state index is 12.5. The fourth-order valence-electron chi connectivity index (χ4n) is 2.49. The maximum Gasteiger partial charge on any atom is 0.242 e. The van der Waals surface area contributed by atoms with Gasteiger partial charge in [-0.2, -0.15) is 5.10 Å². The van der Waals surface area contributed by atoms with Gasteiger partial charge in [0.15, 0.2) is 0 Å². The predicted octanol–water partition coefficient (Wildman–Crippen LogP) is 2.66. The van der Waals surface area contributed by atoms with Crippen LogP contribution in [0.3, 0.4) is 0 Å². The Hall–Kier alpha value is -1.37. The van der Waals surface area contributed by atoms with Crippen LogP contribution < -0.4 is 10.6 Å². The van der Waals surface area contributed by atoms with Crippen LogP contribution in [0.1, 0.15) is 39.9 Å². The molecule has 7 heteroatoms. The van der Waals surface area contributed by atoms with Gasteiger partial charge in [0, 0.05) is 28.6 Å². The van der Waals surface area contributed by atoms with Crippen LogP contribution in [0.15, 0.2) is 18.5 Å². The fraction of sp³-hybridized carbons (Fsp3) is 0.467. The number of hydrogen-bond acceptors (Lipinski definition) is 4. The lowest BCUT2D eigenvalue weighted by Gasteiger charge is -2.19. The number of nitrogens with one attached hydrogen (secondary N) is 2. The van der Waals surface area contributed by atoms with Crippen molar-refractivity contribution in [2.75, 3.05) is 7.05 Å². The number of halogens is 1. The Morgan fingerprint density at radius 1 is 1.41 bits per heavy atom. The molecule has 0 saturated carbocycles. The molecule has 0 aromatic carbocycles. The first-order valence-electron chi connectivity index (χ1n) is 6.95. The second kappa shape index (κ2) is 7.76. The van der Waals surface area contributed by atoms with Gasteiger partial charge in [-0.1, -0.05) is 0 Å². The van der Waals surface area contributed by atoms with Gasteiger partial charge in [0.1, 0.15) is 6.04 Å². The van der Waals surface area contributed by atoms with E-state index < -0.39 is 0 Å². The van der Waals surface area contributed by atoms with Crippen molar-refractivity contribution >= 4 is 29.7 Å². The SMILES string of the molecule is CNC(C(=O)NC(C)c1cc(C)sc1C)c1cnn(C)c1.Cl. The van der Waals surface area contributed by atoms with Crippen LogP contribution in [0.4, 0.5) is 0 Å². The number of aromatic nitrogens is 2. The topological polar surface area (TPSA) is 59.0 Å². The summed E-state index contributed by atoms with van der Waals surface area (Å²) in [6, 6.07) is 1.75. The van der Waals surface area contributed by atoms with Crippen LogP contribution in [0.25, 0.3) is 0 Å². The number of carbonyl (C=O) groups excluding carboxylic acids is 1. The van der Waals surface area contributed by atoms with Crippen LogP contribution in [-0.2, 0) is 11.8 Å². The summed E-state index contributed by atoms with van der Waals surface area (Å²) in [5.41, 5.74) is 2.05. The van der Waals surface area contributed by atoms with Crippen molar-refractivity contribution in [1.29, 1.82) is 0 Å². The van der Waals surface area contributed by atoms with Crippen molar-refractivity contribution in [2.45, 2.75) is 32.9 Å². The van der Waals surface area contributed by atoms with E-state index in [4.69, 9.17) is 0 Å². The van der Waals surface area contributed by atoms with E-state index in [1.54, 1.807) is 29.3 Å². The van der Waals surface area contributed by atoms with Gasteiger partial charge in [-0.25, -0.2) is 0 Å². The highest BCUT2D eigenvalue weighted by molar-refractivity contribution is 7.12. The first-order chi connectivity index (χ1) is 9.92. The molecule has 2 aromatic rings. The molecule has 0 aliphatic rings. The zero-order valence-electron chi connectivity index (χ0n) is 13.5. The van der Waals surface area contributed by atoms with Gasteiger partial charge in [0.25, 0.3) is 0 Å². The van der Waals surface area contributed by atoms with Gasteiger partial charge in [-0.3, -0.25) is 9.48 Å². The molecule has 5 nitrogen and oxygen atoms in total. The molecule has 2 heterocycles. The second-order valence-corrected chi connectivity index (χ2v) is 6.73. The normalized spacial score (nSPS) is 13.3. The highest BCUT2D eigenvalue weighted by Crippen LogP contribution is 2.26. The molecule has 0 aliphatic carbocycles. The molecule has 0 spiro atoms. The summed E-state index contributed by atoms with van der Waals surface area (Å²) in [7, 11) is 3.62. The number of thiophene rings is 1. The van der Waals surface area contributed by atoms with Crippen molar-refractivity contribution in [3.8, 4) is 0 Å². The number of carbonyl (C=O) groups is 1. The van der Waals surface area contributed by atoms with E-state index in [0.29, 0.717) is 0 Å². The molecule has 2 rings (SSSR count). The molecular weight excluding hydrogens is 320 g/mol. The van der Waals surface area contributed by atoms with Gasteiger partial charge in [0.2, 0.25) is 5.91 Å². The monoisotopic (exact) mass is 342 g/mol. The molecule has 2 aromatic heterocycles. The Kier molecular flexibility index (Phi) is 6.59. The second-order valence-electron chi connectivity index (χ2n) is 5.27. The van der Waals surface area contributed by atoms with Crippen molar-refractivity contribution in [2.24, 2.45) is 7.05 Å². The average molecular weight is 343 g/mol. The van der Waals surface area contributed by atoms with Crippen molar-refractivity contribution < 1.29 is 4.79 Å². The predicted molar refractivity (Wildman–Crippen MR) is 92.6 cm³/mol. The summed E-state index contributed by atoms with van der Waals surface area (Å²) in [5.74, 6) is -0.0405. The number of rotatable bonds is 5. The summed E-state index contributed by atoms with van der Waals surface area (Å²) in [4.78, 5) is 15.0. The lowest BCUT2D eigenvalue weighted by Crippen LogP contribution is -2.37. The van der Waals surface area contributed by atoms with Gasteiger partial charge in [-0.05, 0) is 39.4 Å². The van der Waals surface area contributed by atoms with Crippen LogP contribution in [0.5, 0.6) is 0 Å². The molecule has 1 amide bonds. The Morgan fingerprint density at radius 3 is 2.55 bits per heavy atom. The minimum atomic E-state index is -0.388. The summed E-state index contributed by atoms with van der Waals surface area (Å²) in [6.45, 7) is 6.19. The molecule has 0 radical (unpaired) electrons. The molecule has 22 heavy (non-hydrogen) atoms. The largest absolute Gasteiger partial charge is 0.348 e. The lowest BCUT2D eigenvalue weighted by molar-refractivity contribution is -0.123. The number of aryl methyl sites for hydroxylation is 3. The number of likely N-dealkylation sites (N-methyl/N-ethyl adjacent to an activating group) is 1. The average Bonchev–Trinajstić information content (AvgIpc) is 2.96. The molecule has 0 bridgehead atoms. The van der Waals surface area contributed by atoms with Crippen molar-refractivity contribution in [1.82, 2.24) is 20.4 Å². The standard InChI is InChI=1S/C15H22N4OS.ClH/c1-9-6-13(11(3)21-9)10(2)18-15(20)14(16-4)12-7-17-19(5)8-12;/h6-8,10,14,16H,1-5H3,(H,18,20);1H. The molecule has 2 N–H and O–H groups in total. The van der Waals surface area contributed by atoms with Crippen molar-refractivity contribution in [3.05, 3.63) is 39.3 Å². The zero-order chi connectivity index (χ0) is 15.6. The molecule has 2 atom stereocenters. The van der Waals surface area contributed by atoms with Gasteiger partial charge in [-0.15, -0.1) is 23.7 Å². The third-order valence-corrected chi connectivity index (χ3v) is 4.50. The first-order valence-corrected chi connectivity index (χ1v) is 7.77. The number of amides is 1. The van der Waals surface area contributed by atoms with E-state index >= 15 is 0 Å². The van der Waals surface area contributed by atoms with Gasteiger partial charge >= 0.3 is 0 Å². The molecule has 0 saturated heterocycles. The number of hydrogen-bond donors (Lipinski definition) is 2.